The van der Waals surface area contributed by atoms with Crippen LogP contribution in [0.1, 0.15) is 29.2 Å². The predicted molar refractivity (Wildman–Crippen MR) is 136 cm³/mol. The summed E-state index contributed by atoms with van der Waals surface area (Å²) in [4.78, 5) is 0. The van der Waals surface area contributed by atoms with Crippen molar-refractivity contribution in [3.8, 4) is 5.75 Å². The summed E-state index contributed by atoms with van der Waals surface area (Å²) in [6, 6.07) is 26.6. The summed E-state index contributed by atoms with van der Waals surface area (Å²) in [5.74, 6) is 1.58. The average Bonchev–Trinajstić information content (AvgIpc) is 2.85. The number of hydrogen-bond acceptors (Lipinski definition) is 3. The van der Waals surface area contributed by atoms with Crippen LogP contribution in [-0.4, -0.2) is 6.54 Å². The number of nitrogens with one attached hydrogen (secondary N) is 1. The van der Waals surface area contributed by atoms with Gasteiger partial charge in [-0.25, -0.2) is 0 Å². The van der Waals surface area contributed by atoms with Crippen LogP contribution in [0.25, 0.3) is 5.70 Å². The lowest BCUT2D eigenvalue weighted by Gasteiger charge is -2.25. The van der Waals surface area contributed by atoms with Crippen molar-refractivity contribution in [2.24, 2.45) is 0 Å². The maximum Gasteiger partial charge on any atom is 0.126 e. The van der Waals surface area contributed by atoms with Gasteiger partial charge in [0.25, 0.3) is 0 Å². The van der Waals surface area contributed by atoms with Crippen LogP contribution in [0.15, 0.2) is 108 Å². The molecule has 1 N–H and O–H groups in total. The molecule has 4 heteroatoms. The molecule has 0 saturated heterocycles. The number of fused-ring (bicyclic) bond motifs is 1. The number of rotatable bonds is 8. The molecule has 0 fully saturated rings. The van der Waals surface area contributed by atoms with E-state index in [2.05, 4.69) is 36.2 Å². The van der Waals surface area contributed by atoms with Crippen LogP contribution in [0.4, 0.5) is 0 Å². The van der Waals surface area contributed by atoms with E-state index in [0.29, 0.717) is 24.0 Å². The molecule has 0 radical (unpaired) electrons. The second-order valence-electron chi connectivity index (χ2n) is 8.00. The van der Waals surface area contributed by atoms with Gasteiger partial charge in [0.05, 0.1) is 0 Å². The van der Waals surface area contributed by atoms with Crippen molar-refractivity contribution in [3.05, 3.63) is 130 Å². The Labute approximate surface area is 201 Å². The van der Waals surface area contributed by atoms with Gasteiger partial charge in [0, 0.05) is 28.4 Å². The first-order chi connectivity index (χ1) is 16.1. The SMILES string of the molecule is C=C(Cl)/C=C(OCc1ccccc1)\C(C)=C1/NCCc2cc(OCc3ccccc3)ccc21. The molecular formula is C29H28ClNO2. The van der Waals surface area contributed by atoms with Crippen molar-refractivity contribution in [1.82, 2.24) is 5.32 Å². The van der Waals surface area contributed by atoms with Crippen LogP contribution in [0.5, 0.6) is 5.75 Å². The maximum atomic E-state index is 6.17. The highest BCUT2D eigenvalue weighted by molar-refractivity contribution is 6.30. The van der Waals surface area contributed by atoms with Gasteiger partial charge < -0.3 is 14.8 Å². The average molecular weight is 458 g/mol. The molecule has 168 valence electrons. The fourth-order valence-electron chi connectivity index (χ4n) is 3.86. The molecule has 3 aromatic rings. The van der Waals surface area contributed by atoms with Gasteiger partial charge in [0.1, 0.15) is 24.7 Å². The Morgan fingerprint density at radius 3 is 2.30 bits per heavy atom. The van der Waals surface area contributed by atoms with Gasteiger partial charge in [0.15, 0.2) is 0 Å². The molecule has 33 heavy (non-hydrogen) atoms. The summed E-state index contributed by atoms with van der Waals surface area (Å²) in [5.41, 5.74) is 6.69. The summed E-state index contributed by atoms with van der Waals surface area (Å²) < 4.78 is 12.2. The zero-order chi connectivity index (χ0) is 23.0. The Morgan fingerprint density at radius 2 is 1.64 bits per heavy atom. The lowest BCUT2D eigenvalue weighted by molar-refractivity contribution is 0.206. The minimum Gasteiger partial charge on any atom is -0.489 e. The Kier molecular flexibility index (Phi) is 7.54. The minimum absolute atomic E-state index is 0.429. The molecule has 3 nitrogen and oxygen atoms in total. The summed E-state index contributed by atoms with van der Waals surface area (Å²) in [5, 5.41) is 3.98. The van der Waals surface area contributed by atoms with Crippen LogP contribution in [0.2, 0.25) is 0 Å². The van der Waals surface area contributed by atoms with Crippen molar-refractivity contribution in [2.75, 3.05) is 6.54 Å². The lowest BCUT2D eigenvalue weighted by atomic mass is 9.94. The van der Waals surface area contributed by atoms with Crippen LogP contribution in [-0.2, 0) is 24.4 Å². The van der Waals surface area contributed by atoms with Crippen LogP contribution < -0.4 is 10.1 Å². The molecule has 0 saturated carbocycles. The number of halogens is 1. The van der Waals surface area contributed by atoms with E-state index in [1.165, 1.54) is 5.56 Å². The Morgan fingerprint density at radius 1 is 0.970 bits per heavy atom. The molecular weight excluding hydrogens is 430 g/mol. The van der Waals surface area contributed by atoms with Crippen LogP contribution in [0, 0.1) is 0 Å². The Balaban J connectivity index is 1.57. The van der Waals surface area contributed by atoms with Gasteiger partial charge in [-0.1, -0.05) is 78.8 Å². The molecule has 0 amide bonds. The largest absolute Gasteiger partial charge is 0.489 e. The van der Waals surface area contributed by atoms with Crippen molar-refractivity contribution >= 4 is 17.3 Å². The monoisotopic (exact) mass is 457 g/mol. The zero-order valence-corrected chi connectivity index (χ0v) is 19.6. The second-order valence-corrected chi connectivity index (χ2v) is 8.49. The Bertz CT molecular complexity index is 1170. The Hall–Kier alpha value is -3.43. The van der Waals surface area contributed by atoms with Crippen molar-refractivity contribution in [3.63, 3.8) is 0 Å². The third kappa shape index (κ3) is 6.09. The van der Waals surface area contributed by atoms with Crippen LogP contribution >= 0.6 is 11.6 Å². The summed E-state index contributed by atoms with van der Waals surface area (Å²) in [7, 11) is 0. The van der Waals surface area contributed by atoms with E-state index in [9.17, 15) is 0 Å². The van der Waals surface area contributed by atoms with Crippen molar-refractivity contribution in [1.29, 1.82) is 0 Å². The first-order valence-electron chi connectivity index (χ1n) is 11.1. The molecule has 4 rings (SSSR count). The fraction of sp³-hybridized carbons (Fsp3) is 0.172. The van der Waals surface area contributed by atoms with E-state index in [1.807, 2.05) is 61.5 Å². The van der Waals surface area contributed by atoms with E-state index in [1.54, 1.807) is 6.08 Å². The summed E-state index contributed by atoms with van der Waals surface area (Å²) in [6.07, 6.45) is 2.71. The molecule has 3 aromatic carbocycles. The zero-order valence-electron chi connectivity index (χ0n) is 18.8. The van der Waals surface area contributed by atoms with Gasteiger partial charge in [-0.2, -0.15) is 0 Å². The van der Waals surface area contributed by atoms with Gasteiger partial charge >= 0.3 is 0 Å². The van der Waals surface area contributed by atoms with Crippen LogP contribution in [0.3, 0.4) is 0 Å². The maximum absolute atomic E-state index is 6.17. The van der Waals surface area contributed by atoms with Gasteiger partial charge in [-0.15, -0.1) is 0 Å². The van der Waals surface area contributed by atoms with Crippen molar-refractivity contribution in [2.45, 2.75) is 26.6 Å². The van der Waals surface area contributed by atoms with E-state index < -0.39 is 0 Å². The highest BCUT2D eigenvalue weighted by Crippen LogP contribution is 2.31. The van der Waals surface area contributed by atoms with E-state index in [4.69, 9.17) is 21.1 Å². The molecule has 0 aliphatic carbocycles. The third-order valence-electron chi connectivity index (χ3n) is 5.56. The molecule has 0 aromatic heterocycles. The smallest absolute Gasteiger partial charge is 0.126 e. The fourth-order valence-corrected chi connectivity index (χ4v) is 3.96. The molecule has 1 aliphatic heterocycles. The number of allylic oxidation sites excluding steroid dienone is 3. The topological polar surface area (TPSA) is 30.5 Å². The molecule has 1 heterocycles. The third-order valence-corrected chi connectivity index (χ3v) is 5.67. The highest BCUT2D eigenvalue weighted by atomic mass is 35.5. The van der Waals surface area contributed by atoms with Crippen molar-refractivity contribution < 1.29 is 9.47 Å². The van der Waals surface area contributed by atoms with E-state index in [0.717, 1.165) is 46.7 Å². The first kappa shape index (κ1) is 22.8. The summed E-state index contributed by atoms with van der Waals surface area (Å²) >= 11 is 6.13. The second kappa shape index (κ2) is 10.9. The first-order valence-corrected chi connectivity index (χ1v) is 11.5. The lowest BCUT2D eigenvalue weighted by Crippen LogP contribution is -2.24. The molecule has 0 unspecified atom stereocenters. The summed E-state index contributed by atoms with van der Waals surface area (Å²) in [6.45, 7) is 7.73. The van der Waals surface area contributed by atoms with Gasteiger partial charge in [0.2, 0.25) is 0 Å². The van der Waals surface area contributed by atoms with E-state index in [-0.39, 0.29) is 0 Å². The van der Waals surface area contributed by atoms with E-state index >= 15 is 0 Å². The number of benzene rings is 3. The molecule has 1 aliphatic rings. The standard InChI is InChI=1S/C29H28ClNO2/c1-21(30)17-28(33-20-24-11-7-4-8-12-24)22(2)29-27-14-13-26(18-25(27)15-16-31-29)32-19-23-9-5-3-6-10-23/h3-14,17-18,31H,1,15-16,19-20H2,2H3/b28-17+,29-22-. The minimum atomic E-state index is 0.429. The van der Waals surface area contributed by atoms with Gasteiger partial charge in [-0.3, -0.25) is 0 Å². The molecule has 0 atom stereocenters. The number of hydrogen-bond donors (Lipinski definition) is 1. The quantitative estimate of drug-likeness (QED) is 0.292. The molecule has 0 spiro atoms. The van der Waals surface area contributed by atoms with Gasteiger partial charge in [-0.05, 0) is 54.3 Å². The molecule has 0 bridgehead atoms. The number of ether oxygens (including phenoxy) is 2. The predicted octanol–water partition coefficient (Wildman–Crippen LogP) is 7.00. The normalized spacial score (nSPS) is 14.7. The highest BCUT2D eigenvalue weighted by Gasteiger charge is 2.19.